The zero-order valence-electron chi connectivity index (χ0n) is 13.8. The standard InChI is InChI=1S/C18H15Cl2FN2O3/c1-25-16-8-11(9-23-17(24)5-6-22)7-14(20)18(16)26-10-12-13(19)3-2-4-15(12)21/h2-4,7-8H,5,9-10H2,1H3,(H,23,24). The van der Waals surface area contributed by atoms with Gasteiger partial charge in [-0.25, -0.2) is 4.39 Å². The minimum absolute atomic E-state index is 0.125. The number of hydrogen-bond donors (Lipinski definition) is 1. The highest BCUT2D eigenvalue weighted by atomic mass is 35.5. The quantitative estimate of drug-likeness (QED) is 0.758. The van der Waals surface area contributed by atoms with E-state index in [-0.39, 0.29) is 40.9 Å². The highest BCUT2D eigenvalue weighted by molar-refractivity contribution is 6.32. The fourth-order valence-electron chi connectivity index (χ4n) is 2.16. The lowest BCUT2D eigenvalue weighted by Gasteiger charge is -2.15. The SMILES string of the molecule is COc1cc(CNC(=O)CC#N)cc(Cl)c1OCc1c(F)cccc1Cl. The lowest BCUT2D eigenvalue weighted by Crippen LogP contribution is -2.21. The van der Waals surface area contributed by atoms with Gasteiger partial charge in [-0.05, 0) is 29.8 Å². The number of nitrogens with one attached hydrogen (secondary N) is 1. The summed E-state index contributed by atoms with van der Waals surface area (Å²) in [5.74, 6) is -0.309. The first-order chi connectivity index (χ1) is 12.5. The van der Waals surface area contributed by atoms with Gasteiger partial charge < -0.3 is 14.8 Å². The Morgan fingerprint density at radius 2 is 2.08 bits per heavy atom. The Bertz CT molecular complexity index is 833. The van der Waals surface area contributed by atoms with E-state index in [0.717, 1.165) is 0 Å². The van der Waals surface area contributed by atoms with E-state index in [1.54, 1.807) is 24.3 Å². The van der Waals surface area contributed by atoms with E-state index in [2.05, 4.69) is 5.32 Å². The fourth-order valence-corrected chi connectivity index (χ4v) is 2.67. The lowest BCUT2D eigenvalue weighted by atomic mass is 10.2. The number of benzene rings is 2. The summed E-state index contributed by atoms with van der Waals surface area (Å²) in [6, 6.07) is 9.35. The molecule has 2 aromatic carbocycles. The van der Waals surface area contributed by atoms with Crippen molar-refractivity contribution in [2.75, 3.05) is 7.11 Å². The smallest absolute Gasteiger partial charge is 0.234 e. The molecule has 0 aromatic heterocycles. The van der Waals surface area contributed by atoms with Crippen LogP contribution in [0.15, 0.2) is 30.3 Å². The molecule has 0 bridgehead atoms. The van der Waals surface area contributed by atoms with Crippen molar-refractivity contribution in [3.05, 3.63) is 57.3 Å². The van der Waals surface area contributed by atoms with E-state index in [9.17, 15) is 9.18 Å². The van der Waals surface area contributed by atoms with Gasteiger partial charge in [-0.2, -0.15) is 5.26 Å². The van der Waals surface area contributed by atoms with Crippen molar-refractivity contribution in [2.45, 2.75) is 19.6 Å². The predicted molar refractivity (Wildman–Crippen MR) is 95.8 cm³/mol. The monoisotopic (exact) mass is 396 g/mol. The van der Waals surface area contributed by atoms with Crippen molar-refractivity contribution in [1.82, 2.24) is 5.32 Å². The molecule has 0 saturated heterocycles. The molecule has 0 unspecified atom stereocenters. The van der Waals surface area contributed by atoms with Crippen LogP contribution in [0.25, 0.3) is 0 Å². The second-order valence-electron chi connectivity index (χ2n) is 5.21. The predicted octanol–water partition coefficient (Wildman–Crippen LogP) is 4.25. The van der Waals surface area contributed by atoms with Crippen LogP contribution < -0.4 is 14.8 Å². The van der Waals surface area contributed by atoms with E-state index in [1.807, 2.05) is 0 Å². The van der Waals surface area contributed by atoms with Gasteiger partial charge in [0.05, 0.1) is 23.2 Å². The van der Waals surface area contributed by atoms with Gasteiger partial charge in [0.15, 0.2) is 11.5 Å². The average Bonchev–Trinajstić information content (AvgIpc) is 2.60. The van der Waals surface area contributed by atoms with Crippen molar-refractivity contribution in [2.24, 2.45) is 0 Å². The summed E-state index contributed by atoms with van der Waals surface area (Å²) in [5, 5.41) is 11.6. The van der Waals surface area contributed by atoms with Crippen molar-refractivity contribution in [3.8, 4) is 17.6 Å². The van der Waals surface area contributed by atoms with E-state index in [0.29, 0.717) is 11.3 Å². The van der Waals surface area contributed by atoms with Gasteiger partial charge in [-0.15, -0.1) is 0 Å². The van der Waals surface area contributed by atoms with Crippen molar-refractivity contribution < 1.29 is 18.7 Å². The number of halogens is 3. The van der Waals surface area contributed by atoms with Gasteiger partial charge in [-0.1, -0.05) is 29.3 Å². The topological polar surface area (TPSA) is 71.3 Å². The first-order valence-electron chi connectivity index (χ1n) is 7.52. The second-order valence-corrected chi connectivity index (χ2v) is 6.02. The fraction of sp³-hybridized carbons (Fsp3) is 0.222. The molecule has 0 spiro atoms. The Balaban J connectivity index is 2.16. The molecule has 2 aromatic rings. The first kappa shape index (κ1) is 19.8. The van der Waals surface area contributed by atoms with Crippen LogP contribution in [0.2, 0.25) is 10.0 Å². The van der Waals surface area contributed by atoms with Crippen LogP contribution in [0, 0.1) is 17.1 Å². The Kier molecular flexibility index (Phi) is 7.07. The minimum atomic E-state index is -0.482. The van der Waals surface area contributed by atoms with E-state index in [1.165, 1.54) is 19.2 Å². The van der Waals surface area contributed by atoms with Gasteiger partial charge in [0.2, 0.25) is 5.91 Å². The van der Waals surface area contributed by atoms with Gasteiger partial charge in [-0.3, -0.25) is 4.79 Å². The summed E-state index contributed by atoms with van der Waals surface area (Å²) in [4.78, 5) is 11.4. The van der Waals surface area contributed by atoms with Crippen molar-refractivity contribution in [1.29, 1.82) is 5.26 Å². The maximum Gasteiger partial charge on any atom is 0.234 e. The van der Waals surface area contributed by atoms with E-state index >= 15 is 0 Å². The number of carbonyl (C=O) groups is 1. The number of nitriles is 1. The Labute approximate surface area is 160 Å². The van der Waals surface area contributed by atoms with Crippen LogP contribution in [0.5, 0.6) is 11.5 Å². The lowest BCUT2D eigenvalue weighted by molar-refractivity contribution is -0.120. The molecule has 2 rings (SSSR count). The normalized spacial score (nSPS) is 10.1. The Hall–Kier alpha value is -2.49. The molecule has 0 aliphatic carbocycles. The van der Waals surface area contributed by atoms with Crippen LogP contribution in [-0.4, -0.2) is 13.0 Å². The molecule has 0 aliphatic rings. The molecule has 0 fully saturated rings. The van der Waals surface area contributed by atoms with Gasteiger partial charge >= 0.3 is 0 Å². The minimum Gasteiger partial charge on any atom is -0.493 e. The van der Waals surface area contributed by atoms with Crippen LogP contribution in [0.4, 0.5) is 4.39 Å². The number of rotatable bonds is 7. The van der Waals surface area contributed by atoms with Crippen LogP contribution >= 0.6 is 23.2 Å². The number of amides is 1. The zero-order chi connectivity index (χ0) is 19.1. The summed E-state index contributed by atoms with van der Waals surface area (Å²) in [6.45, 7) is 0.0514. The molecule has 0 heterocycles. The van der Waals surface area contributed by atoms with E-state index in [4.69, 9.17) is 37.9 Å². The highest BCUT2D eigenvalue weighted by Gasteiger charge is 2.15. The summed E-state index contributed by atoms with van der Waals surface area (Å²) >= 11 is 12.2. The van der Waals surface area contributed by atoms with Gasteiger partial charge in [0.1, 0.15) is 18.8 Å². The highest BCUT2D eigenvalue weighted by Crippen LogP contribution is 2.37. The third kappa shape index (κ3) is 5.01. The third-order valence-electron chi connectivity index (χ3n) is 3.44. The van der Waals surface area contributed by atoms with Gasteiger partial charge in [0, 0.05) is 12.1 Å². The Morgan fingerprint density at radius 1 is 1.31 bits per heavy atom. The summed E-state index contributed by atoms with van der Waals surface area (Å²) in [7, 11) is 1.44. The molecule has 0 saturated carbocycles. The zero-order valence-corrected chi connectivity index (χ0v) is 15.3. The summed E-state index contributed by atoms with van der Waals surface area (Å²) in [5.41, 5.74) is 0.870. The van der Waals surface area contributed by atoms with Crippen LogP contribution in [-0.2, 0) is 17.9 Å². The largest absolute Gasteiger partial charge is 0.493 e. The molecule has 5 nitrogen and oxygen atoms in total. The number of carbonyl (C=O) groups excluding carboxylic acids is 1. The molecule has 26 heavy (non-hydrogen) atoms. The molecule has 0 radical (unpaired) electrons. The maximum atomic E-state index is 13.8. The Morgan fingerprint density at radius 3 is 2.73 bits per heavy atom. The summed E-state index contributed by atoms with van der Waals surface area (Å²) in [6.07, 6.45) is -0.227. The second kappa shape index (κ2) is 9.27. The number of methoxy groups -OCH3 is 1. The molecule has 0 atom stereocenters. The average molecular weight is 397 g/mol. The van der Waals surface area contributed by atoms with Crippen LogP contribution in [0.3, 0.4) is 0 Å². The molecule has 136 valence electrons. The molecular weight excluding hydrogens is 382 g/mol. The molecule has 8 heteroatoms. The van der Waals surface area contributed by atoms with Crippen molar-refractivity contribution in [3.63, 3.8) is 0 Å². The number of hydrogen-bond acceptors (Lipinski definition) is 4. The first-order valence-corrected chi connectivity index (χ1v) is 8.27. The third-order valence-corrected chi connectivity index (χ3v) is 4.08. The molecule has 0 aliphatic heterocycles. The maximum absolute atomic E-state index is 13.8. The number of nitrogens with zero attached hydrogens (tertiary/aromatic N) is 1. The van der Waals surface area contributed by atoms with Crippen molar-refractivity contribution >= 4 is 29.1 Å². The van der Waals surface area contributed by atoms with E-state index < -0.39 is 11.7 Å². The summed E-state index contributed by atoms with van der Waals surface area (Å²) < 4.78 is 24.7. The number of ether oxygens (including phenoxy) is 2. The van der Waals surface area contributed by atoms with Gasteiger partial charge in [0.25, 0.3) is 0 Å². The molecular formula is C18H15Cl2FN2O3. The van der Waals surface area contributed by atoms with Crippen LogP contribution in [0.1, 0.15) is 17.5 Å². The molecule has 1 amide bonds. The molecule has 1 N–H and O–H groups in total.